The van der Waals surface area contributed by atoms with E-state index in [9.17, 15) is 0 Å². The maximum Gasteiger partial charge on any atom is 0.0527 e. The lowest BCUT2D eigenvalue weighted by atomic mass is 10.1. The van der Waals surface area contributed by atoms with Crippen molar-refractivity contribution in [1.82, 2.24) is 4.90 Å². The Labute approximate surface area is 125 Å². The van der Waals surface area contributed by atoms with Gasteiger partial charge in [-0.2, -0.15) is 0 Å². The van der Waals surface area contributed by atoms with Crippen molar-refractivity contribution in [3.63, 3.8) is 0 Å². The highest BCUT2D eigenvalue weighted by atomic mass is 32.2. The summed E-state index contributed by atoms with van der Waals surface area (Å²) in [6, 6.07) is 7.10. The molecule has 1 unspecified atom stereocenters. The standard InChI is InChI=1S/C16H21N3S/c1-18(2)11-5-7-13-15(9-11)20-16-10-12(19(3)4)6-8-14(16)17-13/h5-9,12,17H,10H2,1-4H3. The maximum atomic E-state index is 3.56. The molecule has 4 heteroatoms. The number of benzene rings is 1. The van der Waals surface area contributed by atoms with E-state index in [0.717, 1.165) is 6.42 Å². The number of fused-ring (bicyclic) bond motifs is 1. The third kappa shape index (κ3) is 2.45. The van der Waals surface area contributed by atoms with Crippen LogP contribution >= 0.6 is 11.8 Å². The Balaban J connectivity index is 1.88. The molecular weight excluding hydrogens is 266 g/mol. The van der Waals surface area contributed by atoms with Crippen molar-refractivity contribution in [2.24, 2.45) is 0 Å². The molecule has 1 heterocycles. The van der Waals surface area contributed by atoms with Gasteiger partial charge in [-0.3, -0.25) is 0 Å². The highest BCUT2D eigenvalue weighted by molar-refractivity contribution is 8.03. The number of hydrogen-bond acceptors (Lipinski definition) is 4. The van der Waals surface area contributed by atoms with Gasteiger partial charge in [0.25, 0.3) is 0 Å². The zero-order valence-corrected chi connectivity index (χ0v) is 13.3. The summed E-state index contributed by atoms with van der Waals surface area (Å²) in [4.78, 5) is 7.18. The predicted octanol–water partition coefficient (Wildman–Crippen LogP) is 3.37. The molecule has 1 atom stereocenters. The second-order valence-corrected chi connectivity index (χ2v) is 6.87. The molecule has 0 fully saturated rings. The van der Waals surface area contributed by atoms with Gasteiger partial charge in [-0.25, -0.2) is 0 Å². The molecule has 0 amide bonds. The van der Waals surface area contributed by atoms with Gasteiger partial charge in [-0.15, -0.1) is 0 Å². The maximum absolute atomic E-state index is 3.56. The molecule has 2 aliphatic rings. The van der Waals surface area contributed by atoms with E-state index in [-0.39, 0.29) is 0 Å². The van der Waals surface area contributed by atoms with Gasteiger partial charge >= 0.3 is 0 Å². The molecule has 1 aromatic carbocycles. The molecule has 20 heavy (non-hydrogen) atoms. The number of rotatable bonds is 2. The minimum absolute atomic E-state index is 0.502. The molecule has 1 aliphatic carbocycles. The second-order valence-electron chi connectivity index (χ2n) is 5.73. The van der Waals surface area contributed by atoms with Gasteiger partial charge < -0.3 is 15.1 Å². The van der Waals surface area contributed by atoms with Crippen LogP contribution in [0.15, 0.2) is 45.8 Å². The lowest BCUT2D eigenvalue weighted by molar-refractivity contribution is 0.342. The molecule has 1 aliphatic heterocycles. The van der Waals surface area contributed by atoms with Gasteiger partial charge in [0.2, 0.25) is 0 Å². The van der Waals surface area contributed by atoms with E-state index in [4.69, 9.17) is 0 Å². The van der Waals surface area contributed by atoms with Crippen molar-refractivity contribution in [2.75, 3.05) is 38.4 Å². The number of allylic oxidation sites excluding steroid dienone is 1. The minimum atomic E-state index is 0.502. The van der Waals surface area contributed by atoms with Crippen LogP contribution in [0.4, 0.5) is 11.4 Å². The number of nitrogens with one attached hydrogen (secondary N) is 1. The van der Waals surface area contributed by atoms with Gasteiger partial charge in [0, 0.05) is 41.3 Å². The summed E-state index contributed by atoms with van der Waals surface area (Å²) in [5.41, 5.74) is 3.73. The minimum Gasteiger partial charge on any atom is -0.378 e. The Kier molecular flexibility index (Phi) is 3.52. The van der Waals surface area contributed by atoms with Crippen LogP contribution in [0, 0.1) is 0 Å². The van der Waals surface area contributed by atoms with Crippen molar-refractivity contribution < 1.29 is 0 Å². The van der Waals surface area contributed by atoms with E-state index >= 15 is 0 Å². The first kappa shape index (κ1) is 13.6. The van der Waals surface area contributed by atoms with Gasteiger partial charge in [0.15, 0.2) is 0 Å². The second kappa shape index (κ2) is 5.19. The normalized spacial score (nSPS) is 20.6. The van der Waals surface area contributed by atoms with E-state index in [0.29, 0.717) is 6.04 Å². The van der Waals surface area contributed by atoms with Gasteiger partial charge in [-0.05, 0) is 44.8 Å². The fourth-order valence-corrected chi connectivity index (χ4v) is 3.64. The lowest BCUT2D eigenvalue weighted by Gasteiger charge is -2.31. The van der Waals surface area contributed by atoms with Crippen molar-refractivity contribution in [2.45, 2.75) is 17.4 Å². The van der Waals surface area contributed by atoms with E-state index < -0.39 is 0 Å². The Morgan fingerprint density at radius 3 is 2.70 bits per heavy atom. The molecule has 0 bridgehead atoms. The first-order valence-corrected chi connectivity index (χ1v) is 7.70. The van der Waals surface area contributed by atoms with Crippen LogP contribution in [0.2, 0.25) is 0 Å². The number of anilines is 2. The zero-order chi connectivity index (χ0) is 14.3. The van der Waals surface area contributed by atoms with Crippen molar-refractivity contribution in [3.8, 4) is 0 Å². The quantitative estimate of drug-likeness (QED) is 0.898. The molecule has 0 saturated carbocycles. The Morgan fingerprint density at radius 1 is 1.20 bits per heavy atom. The summed E-state index contributed by atoms with van der Waals surface area (Å²) in [6.07, 6.45) is 5.59. The lowest BCUT2D eigenvalue weighted by Crippen LogP contribution is -2.29. The number of hydrogen-bond donors (Lipinski definition) is 1. The summed E-state index contributed by atoms with van der Waals surface area (Å²) in [5.74, 6) is 0. The largest absolute Gasteiger partial charge is 0.378 e. The van der Waals surface area contributed by atoms with Crippen LogP contribution in [0.25, 0.3) is 0 Å². The molecule has 0 spiro atoms. The third-order valence-corrected chi connectivity index (χ3v) is 5.02. The van der Waals surface area contributed by atoms with Gasteiger partial charge in [0.1, 0.15) is 0 Å². The molecule has 3 nitrogen and oxygen atoms in total. The summed E-state index contributed by atoms with van der Waals surface area (Å²) in [7, 11) is 8.44. The summed E-state index contributed by atoms with van der Waals surface area (Å²) < 4.78 is 0. The first-order valence-electron chi connectivity index (χ1n) is 6.88. The van der Waals surface area contributed by atoms with Crippen molar-refractivity contribution in [1.29, 1.82) is 0 Å². The molecule has 0 aromatic heterocycles. The van der Waals surface area contributed by atoms with E-state index in [2.05, 4.69) is 73.7 Å². The highest BCUT2D eigenvalue weighted by Gasteiger charge is 2.23. The fourth-order valence-electron chi connectivity index (χ4n) is 2.49. The summed E-state index contributed by atoms with van der Waals surface area (Å²) in [6.45, 7) is 0. The Hall–Kier alpha value is -1.39. The van der Waals surface area contributed by atoms with Crippen LogP contribution in [0.5, 0.6) is 0 Å². The fraction of sp³-hybridized carbons (Fsp3) is 0.375. The van der Waals surface area contributed by atoms with Crippen LogP contribution in [0.1, 0.15) is 6.42 Å². The number of likely N-dealkylation sites (N-methyl/N-ethyl adjacent to an activating group) is 1. The average molecular weight is 287 g/mol. The highest BCUT2D eigenvalue weighted by Crippen LogP contribution is 2.44. The molecule has 0 saturated heterocycles. The molecule has 3 rings (SSSR count). The molecule has 1 N–H and O–H groups in total. The van der Waals surface area contributed by atoms with Gasteiger partial charge in [-0.1, -0.05) is 17.8 Å². The molecule has 106 valence electrons. The molecule has 0 radical (unpaired) electrons. The summed E-state index contributed by atoms with van der Waals surface area (Å²) in [5, 5.41) is 3.56. The Bertz CT molecular complexity index is 587. The van der Waals surface area contributed by atoms with Crippen LogP contribution in [-0.2, 0) is 0 Å². The van der Waals surface area contributed by atoms with E-state index in [1.165, 1.54) is 26.9 Å². The van der Waals surface area contributed by atoms with Gasteiger partial charge in [0.05, 0.1) is 5.69 Å². The van der Waals surface area contributed by atoms with Crippen LogP contribution in [0.3, 0.4) is 0 Å². The van der Waals surface area contributed by atoms with Crippen LogP contribution in [-0.4, -0.2) is 39.1 Å². The molecular formula is C16H21N3S. The molecule has 1 aromatic rings. The third-order valence-electron chi connectivity index (χ3n) is 3.83. The van der Waals surface area contributed by atoms with Crippen molar-refractivity contribution >= 4 is 23.1 Å². The van der Waals surface area contributed by atoms with Crippen molar-refractivity contribution in [3.05, 3.63) is 41.0 Å². The zero-order valence-electron chi connectivity index (χ0n) is 12.5. The Morgan fingerprint density at radius 2 is 2.00 bits per heavy atom. The number of thioether (sulfide) groups is 1. The number of nitrogens with zero attached hydrogens (tertiary/aromatic N) is 2. The van der Waals surface area contributed by atoms with Crippen LogP contribution < -0.4 is 10.2 Å². The van der Waals surface area contributed by atoms with E-state index in [1.807, 2.05) is 11.8 Å². The predicted molar refractivity (Wildman–Crippen MR) is 88.5 cm³/mol. The average Bonchev–Trinajstić information content (AvgIpc) is 2.43. The van der Waals surface area contributed by atoms with E-state index in [1.54, 1.807) is 0 Å². The SMILES string of the molecule is CN(C)c1ccc2c(c1)SC1=C(C=CC(N(C)C)C1)N2. The first-order chi connectivity index (χ1) is 9.54. The topological polar surface area (TPSA) is 18.5 Å². The summed E-state index contributed by atoms with van der Waals surface area (Å²) >= 11 is 1.91. The smallest absolute Gasteiger partial charge is 0.0527 e. The monoisotopic (exact) mass is 287 g/mol.